The van der Waals surface area contributed by atoms with E-state index in [0.717, 1.165) is 46.8 Å². The summed E-state index contributed by atoms with van der Waals surface area (Å²) < 4.78 is 0.969. The van der Waals surface area contributed by atoms with E-state index in [1.807, 2.05) is 72.8 Å². The minimum Gasteiger partial charge on any atom is -0.352 e. The standard InChI is InChI=1S/C30H32BrClN2O2/c31-25-17-15-23(16-18-25)21-34(29(35)20-24-11-7-8-14-27(24)32)28(19-22-9-3-1-4-10-22)30(36)33-26-12-5-2-6-13-26/h1,3-4,7-11,14-18,26,28H,2,5-6,12-13,19-21H2,(H,33,36)/t28-/m0/s1. The molecule has 1 N–H and O–H groups in total. The van der Waals surface area contributed by atoms with E-state index in [-0.39, 0.29) is 24.3 Å². The van der Waals surface area contributed by atoms with Gasteiger partial charge in [0, 0.05) is 28.5 Å². The molecule has 3 aromatic carbocycles. The third-order valence-electron chi connectivity index (χ3n) is 6.79. The molecule has 36 heavy (non-hydrogen) atoms. The van der Waals surface area contributed by atoms with Crippen LogP contribution in [0.4, 0.5) is 0 Å². The maximum atomic E-state index is 13.8. The SMILES string of the molecule is O=C(NC1CCCCC1)[C@H](Cc1ccccc1)N(Cc1ccc(Br)cc1)C(=O)Cc1ccccc1Cl. The number of halogens is 2. The first-order valence-corrected chi connectivity index (χ1v) is 13.8. The maximum absolute atomic E-state index is 13.8. The van der Waals surface area contributed by atoms with Crippen LogP contribution in [0.15, 0.2) is 83.3 Å². The normalized spacial score (nSPS) is 14.7. The lowest BCUT2D eigenvalue weighted by atomic mass is 9.94. The molecule has 0 spiro atoms. The van der Waals surface area contributed by atoms with Gasteiger partial charge in [-0.15, -0.1) is 0 Å². The van der Waals surface area contributed by atoms with Gasteiger partial charge < -0.3 is 10.2 Å². The van der Waals surface area contributed by atoms with Crippen molar-refractivity contribution >= 4 is 39.3 Å². The van der Waals surface area contributed by atoms with Crippen molar-refractivity contribution in [1.29, 1.82) is 0 Å². The van der Waals surface area contributed by atoms with Crippen LogP contribution in [-0.4, -0.2) is 28.8 Å². The molecule has 0 aromatic heterocycles. The molecule has 6 heteroatoms. The van der Waals surface area contributed by atoms with Crippen LogP contribution in [0.1, 0.15) is 48.8 Å². The molecule has 1 aliphatic carbocycles. The van der Waals surface area contributed by atoms with Crippen molar-refractivity contribution in [3.63, 3.8) is 0 Å². The van der Waals surface area contributed by atoms with Gasteiger partial charge in [-0.3, -0.25) is 9.59 Å². The van der Waals surface area contributed by atoms with Gasteiger partial charge in [-0.05, 0) is 47.7 Å². The Balaban J connectivity index is 1.65. The van der Waals surface area contributed by atoms with Crippen LogP contribution >= 0.6 is 27.5 Å². The second-order valence-corrected chi connectivity index (χ2v) is 10.8. The molecule has 188 valence electrons. The Morgan fingerprint density at radius 2 is 1.56 bits per heavy atom. The largest absolute Gasteiger partial charge is 0.352 e. The zero-order chi connectivity index (χ0) is 25.3. The first-order valence-electron chi connectivity index (χ1n) is 12.6. The Morgan fingerprint density at radius 1 is 0.889 bits per heavy atom. The van der Waals surface area contributed by atoms with Gasteiger partial charge in [-0.2, -0.15) is 0 Å². The van der Waals surface area contributed by atoms with E-state index < -0.39 is 6.04 Å². The molecule has 0 heterocycles. The fourth-order valence-electron chi connectivity index (χ4n) is 4.79. The van der Waals surface area contributed by atoms with Gasteiger partial charge in [0.15, 0.2) is 0 Å². The average Bonchev–Trinajstić information content (AvgIpc) is 2.89. The Morgan fingerprint density at radius 3 is 2.25 bits per heavy atom. The summed E-state index contributed by atoms with van der Waals surface area (Å²) >= 11 is 9.88. The predicted molar refractivity (Wildman–Crippen MR) is 149 cm³/mol. The van der Waals surface area contributed by atoms with E-state index in [1.54, 1.807) is 11.0 Å². The van der Waals surface area contributed by atoms with Gasteiger partial charge in [0.05, 0.1) is 6.42 Å². The third-order valence-corrected chi connectivity index (χ3v) is 7.69. The molecule has 1 atom stereocenters. The summed E-state index contributed by atoms with van der Waals surface area (Å²) in [5.74, 6) is -0.207. The first kappa shape index (κ1) is 26.4. The summed E-state index contributed by atoms with van der Waals surface area (Å²) in [4.78, 5) is 29.4. The highest BCUT2D eigenvalue weighted by Crippen LogP contribution is 2.22. The highest BCUT2D eigenvalue weighted by molar-refractivity contribution is 9.10. The molecule has 2 amide bonds. The first-order chi connectivity index (χ1) is 17.5. The van der Waals surface area contributed by atoms with Crippen LogP contribution in [0.3, 0.4) is 0 Å². The lowest BCUT2D eigenvalue weighted by molar-refractivity contribution is -0.141. The van der Waals surface area contributed by atoms with Gasteiger partial charge in [0.1, 0.15) is 6.04 Å². The third kappa shape index (κ3) is 7.44. The van der Waals surface area contributed by atoms with Gasteiger partial charge >= 0.3 is 0 Å². The van der Waals surface area contributed by atoms with Crippen molar-refractivity contribution in [3.8, 4) is 0 Å². The van der Waals surface area contributed by atoms with Crippen LogP contribution in [0.5, 0.6) is 0 Å². The molecule has 1 saturated carbocycles. The van der Waals surface area contributed by atoms with Crippen molar-refractivity contribution in [2.24, 2.45) is 0 Å². The number of benzene rings is 3. The van der Waals surface area contributed by atoms with E-state index in [9.17, 15) is 9.59 Å². The monoisotopic (exact) mass is 566 g/mol. The van der Waals surface area contributed by atoms with Crippen LogP contribution in [0.25, 0.3) is 0 Å². The summed E-state index contributed by atoms with van der Waals surface area (Å²) in [6.07, 6.45) is 6.03. The van der Waals surface area contributed by atoms with Gasteiger partial charge in [0.25, 0.3) is 0 Å². The van der Waals surface area contributed by atoms with E-state index in [2.05, 4.69) is 21.2 Å². The molecule has 3 aromatic rings. The van der Waals surface area contributed by atoms with Gasteiger partial charge in [-0.1, -0.05) is 107 Å². The smallest absolute Gasteiger partial charge is 0.243 e. The Labute approximate surface area is 227 Å². The maximum Gasteiger partial charge on any atom is 0.243 e. The van der Waals surface area contributed by atoms with E-state index >= 15 is 0 Å². The van der Waals surface area contributed by atoms with Crippen LogP contribution < -0.4 is 5.32 Å². The summed E-state index contributed by atoms with van der Waals surface area (Å²) in [7, 11) is 0. The molecule has 4 nitrogen and oxygen atoms in total. The lowest BCUT2D eigenvalue weighted by Crippen LogP contribution is -2.53. The van der Waals surface area contributed by atoms with Gasteiger partial charge in [-0.25, -0.2) is 0 Å². The molecular weight excluding hydrogens is 536 g/mol. The molecule has 0 unspecified atom stereocenters. The van der Waals surface area contributed by atoms with Crippen molar-refractivity contribution in [2.75, 3.05) is 0 Å². The van der Waals surface area contributed by atoms with E-state index in [1.165, 1.54) is 6.42 Å². The van der Waals surface area contributed by atoms with Gasteiger partial charge in [0.2, 0.25) is 11.8 Å². The molecule has 0 aliphatic heterocycles. The van der Waals surface area contributed by atoms with Crippen LogP contribution in [-0.2, 0) is 29.0 Å². The highest BCUT2D eigenvalue weighted by atomic mass is 79.9. The number of nitrogens with zero attached hydrogens (tertiary/aromatic N) is 1. The van der Waals surface area contributed by atoms with Crippen molar-refractivity contribution in [3.05, 3.63) is 105 Å². The van der Waals surface area contributed by atoms with Crippen LogP contribution in [0, 0.1) is 0 Å². The summed E-state index contributed by atoms with van der Waals surface area (Å²) in [6.45, 7) is 0.339. The average molecular weight is 568 g/mol. The summed E-state index contributed by atoms with van der Waals surface area (Å²) in [5.41, 5.74) is 2.75. The zero-order valence-corrected chi connectivity index (χ0v) is 22.7. The fraction of sp³-hybridized carbons (Fsp3) is 0.333. The molecule has 1 fully saturated rings. The Kier molecular flexibility index (Phi) is 9.60. The van der Waals surface area contributed by atoms with E-state index in [0.29, 0.717) is 18.0 Å². The second-order valence-electron chi connectivity index (χ2n) is 9.47. The molecule has 4 rings (SSSR count). The number of carbonyl (C=O) groups is 2. The second kappa shape index (κ2) is 13.1. The zero-order valence-electron chi connectivity index (χ0n) is 20.3. The van der Waals surface area contributed by atoms with Crippen molar-refractivity contribution in [1.82, 2.24) is 10.2 Å². The number of hydrogen-bond acceptors (Lipinski definition) is 2. The highest BCUT2D eigenvalue weighted by Gasteiger charge is 2.32. The van der Waals surface area contributed by atoms with Crippen LogP contribution in [0.2, 0.25) is 5.02 Å². The minimum atomic E-state index is -0.632. The lowest BCUT2D eigenvalue weighted by Gasteiger charge is -2.33. The number of hydrogen-bond donors (Lipinski definition) is 1. The number of rotatable bonds is 9. The summed E-state index contributed by atoms with van der Waals surface area (Å²) in [6, 6.07) is 24.7. The molecule has 0 saturated heterocycles. The molecule has 0 bridgehead atoms. The number of amides is 2. The predicted octanol–water partition coefficient (Wildman–Crippen LogP) is 6.73. The fourth-order valence-corrected chi connectivity index (χ4v) is 5.26. The molecule has 1 aliphatic rings. The Hall–Kier alpha value is -2.63. The van der Waals surface area contributed by atoms with Crippen molar-refractivity contribution < 1.29 is 9.59 Å². The molecule has 0 radical (unpaired) electrons. The number of carbonyl (C=O) groups excluding carboxylic acids is 2. The minimum absolute atomic E-state index is 0.0876. The van der Waals surface area contributed by atoms with E-state index in [4.69, 9.17) is 11.6 Å². The quantitative estimate of drug-likeness (QED) is 0.312. The van der Waals surface area contributed by atoms with Crippen molar-refractivity contribution in [2.45, 2.75) is 63.6 Å². The summed E-state index contributed by atoms with van der Waals surface area (Å²) in [5, 5.41) is 3.83. The Bertz CT molecular complexity index is 1150. The topological polar surface area (TPSA) is 49.4 Å². The molecular formula is C30H32BrClN2O2. The number of nitrogens with one attached hydrogen (secondary N) is 1.